The van der Waals surface area contributed by atoms with Gasteiger partial charge in [-0.15, -0.1) is 0 Å². The van der Waals surface area contributed by atoms with Gasteiger partial charge in [0.1, 0.15) is 5.82 Å². The highest BCUT2D eigenvalue weighted by molar-refractivity contribution is 6.08. The number of allylic oxidation sites excluding steroid dienone is 1. The molecule has 0 aromatic carbocycles. The predicted molar refractivity (Wildman–Crippen MR) is 104 cm³/mol. The molecule has 7 nitrogen and oxygen atoms in total. The van der Waals surface area contributed by atoms with Gasteiger partial charge >= 0.3 is 12.4 Å². The Morgan fingerprint density at radius 1 is 1.22 bits per heavy atom. The number of nitrogens with zero attached hydrogens (tertiary/aromatic N) is 4. The second-order valence-electron chi connectivity index (χ2n) is 6.67. The van der Waals surface area contributed by atoms with Gasteiger partial charge in [-0.3, -0.25) is 13.8 Å². The van der Waals surface area contributed by atoms with Crippen LogP contribution in [0.4, 0.5) is 26.3 Å². The fourth-order valence-electron chi connectivity index (χ4n) is 3.02. The van der Waals surface area contributed by atoms with Gasteiger partial charge in [0.25, 0.3) is 5.56 Å². The van der Waals surface area contributed by atoms with Crippen LogP contribution in [0, 0.1) is 12.3 Å². The van der Waals surface area contributed by atoms with Gasteiger partial charge in [0.05, 0.1) is 12.0 Å². The molecule has 170 valence electrons. The van der Waals surface area contributed by atoms with Gasteiger partial charge in [-0.1, -0.05) is 6.07 Å². The monoisotopic (exact) mass is 458 g/mol. The van der Waals surface area contributed by atoms with E-state index in [0.29, 0.717) is 11.9 Å². The van der Waals surface area contributed by atoms with E-state index in [4.69, 9.17) is 5.41 Å². The van der Waals surface area contributed by atoms with E-state index in [-0.39, 0.29) is 11.6 Å². The first-order valence-electron chi connectivity index (χ1n) is 9.08. The summed E-state index contributed by atoms with van der Waals surface area (Å²) in [7, 11) is 0. The first kappa shape index (κ1) is 23.0. The van der Waals surface area contributed by atoms with Crippen molar-refractivity contribution in [2.75, 3.05) is 6.54 Å². The number of alkyl halides is 6. The Balaban J connectivity index is 2.21. The molecule has 0 aliphatic carbocycles. The number of hydrogen-bond acceptors (Lipinski definition) is 5. The fraction of sp³-hybridized carbons (Fsp3) is 0.263. The Kier molecular flexibility index (Phi) is 6.10. The fourth-order valence-corrected chi connectivity index (χ4v) is 3.02. The Bertz CT molecular complexity index is 1220. The van der Waals surface area contributed by atoms with Gasteiger partial charge in [0.15, 0.2) is 5.69 Å². The molecule has 13 heteroatoms. The molecular weight excluding hydrogens is 442 g/mol. The van der Waals surface area contributed by atoms with E-state index in [9.17, 15) is 31.1 Å². The maximum absolute atomic E-state index is 13.8. The van der Waals surface area contributed by atoms with Crippen LogP contribution in [-0.4, -0.2) is 37.9 Å². The first-order chi connectivity index (χ1) is 14.9. The molecule has 0 aliphatic rings. The molecule has 0 radical (unpaired) electrons. The van der Waals surface area contributed by atoms with Crippen molar-refractivity contribution >= 4 is 17.6 Å². The Labute approximate surface area is 176 Å². The highest BCUT2D eigenvalue weighted by Gasteiger charge is 2.39. The summed E-state index contributed by atoms with van der Waals surface area (Å²) in [6.45, 7) is 0.899. The lowest BCUT2D eigenvalue weighted by molar-refractivity contribution is -0.141. The predicted octanol–water partition coefficient (Wildman–Crippen LogP) is 3.74. The number of pyridine rings is 1. The zero-order valence-corrected chi connectivity index (χ0v) is 16.4. The van der Waals surface area contributed by atoms with Gasteiger partial charge in [-0.25, -0.2) is 9.97 Å². The number of aromatic nitrogens is 4. The van der Waals surface area contributed by atoms with Crippen LogP contribution in [0.5, 0.6) is 0 Å². The third kappa shape index (κ3) is 4.65. The van der Waals surface area contributed by atoms with E-state index >= 15 is 0 Å². The molecule has 0 saturated heterocycles. The van der Waals surface area contributed by atoms with Crippen LogP contribution in [-0.2, 0) is 6.18 Å². The summed E-state index contributed by atoms with van der Waals surface area (Å²) in [6, 6.07) is 4.74. The summed E-state index contributed by atoms with van der Waals surface area (Å²) in [6.07, 6.45) is -6.90. The molecule has 32 heavy (non-hydrogen) atoms. The minimum absolute atomic E-state index is 0.233. The average Bonchev–Trinajstić information content (AvgIpc) is 3.04. The van der Waals surface area contributed by atoms with Crippen LogP contribution >= 0.6 is 0 Å². The summed E-state index contributed by atoms with van der Waals surface area (Å²) in [4.78, 5) is 20.7. The summed E-state index contributed by atoms with van der Waals surface area (Å²) >= 11 is 0. The number of aryl methyl sites for hydroxylation is 1. The second-order valence-corrected chi connectivity index (χ2v) is 6.67. The molecule has 0 atom stereocenters. The lowest BCUT2D eigenvalue weighted by Gasteiger charge is -2.14. The number of halogens is 6. The van der Waals surface area contributed by atoms with Crippen molar-refractivity contribution in [1.29, 1.82) is 5.41 Å². The molecule has 0 amide bonds. The number of imidazole rings is 1. The summed E-state index contributed by atoms with van der Waals surface area (Å²) in [5, 5.41) is 9.63. The molecule has 0 aliphatic heterocycles. The van der Waals surface area contributed by atoms with E-state index in [1.807, 2.05) is 0 Å². The molecule has 3 aromatic heterocycles. The SMILES string of the molecule is Cc1cn2c(=O)c(/C(C=N)=C/NCCC(F)(F)F)c(C(F)(F)F)nc2n1-c1ccccn1. The Hall–Kier alpha value is -3.64. The Morgan fingerprint density at radius 3 is 2.50 bits per heavy atom. The molecule has 3 rings (SSSR count). The van der Waals surface area contributed by atoms with E-state index in [1.165, 1.54) is 23.0 Å². The smallest absolute Gasteiger partial charge is 0.390 e. The van der Waals surface area contributed by atoms with Gasteiger partial charge in [-0.2, -0.15) is 26.3 Å². The Morgan fingerprint density at radius 2 is 1.94 bits per heavy atom. The first-order valence-corrected chi connectivity index (χ1v) is 9.08. The maximum Gasteiger partial charge on any atom is 0.434 e. The van der Waals surface area contributed by atoms with E-state index in [2.05, 4.69) is 15.3 Å². The van der Waals surface area contributed by atoms with Crippen molar-refractivity contribution in [2.24, 2.45) is 0 Å². The topological polar surface area (TPSA) is 88.1 Å². The van der Waals surface area contributed by atoms with Crippen LogP contribution in [0.15, 0.2) is 41.6 Å². The minimum atomic E-state index is -5.08. The van der Waals surface area contributed by atoms with Crippen LogP contribution in [0.1, 0.15) is 23.4 Å². The van der Waals surface area contributed by atoms with Gasteiger partial charge in [-0.05, 0) is 19.1 Å². The highest BCUT2D eigenvalue weighted by atomic mass is 19.4. The molecule has 2 N–H and O–H groups in total. The minimum Gasteiger partial charge on any atom is -0.390 e. The molecule has 0 spiro atoms. The molecule has 0 saturated carbocycles. The summed E-state index contributed by atoms with van der Waals surface area (Å²) < 4.78 is 80.5. The zero-order chi connectivity index (χ0) is 23.7. The number of nitrogens with one attached hydrogen (secondary N) is 2. The van der Waals surface area contributed by atoms with E-state index in [1.54, 1.807) is 19.1 Å². The molecule has 0 unspecified atom stereocenters. The largest absolute Gasteiger partial charge is 0.434 e. The van der Waals surface area contributed by atoms with Crippen molar-refractivity contribution in [2.45, 2.75) is 25.7 Å². The molecule has 3 aromatic rings. The molecule has 0 fully saturated rings. The lowest BCUT2D eigenvalue weighted by atomic mass is 10.1. The third-order valence-electron chi connectivity index (χ3n) is 4.37. The quantitative estimate of drug-likeness (QED) is 0.335. The normalized spacial score (nSPS) is 12.9. The van der Waals surface area contributed by atoms with E-state index in [0.717, 1.165) is 10.6 Å². The van der Waals surface area contributed by atoms with Crippen molar-refractivity contribution in [3.05, 3.63) is 64.1 Å². The highest BCUT2D eigenvalue weighted by Crippen LogP contribution is 2.32. The average molecular weight is 458 g/mol. The maximum atomic E-state index is 13.8. The van der Waals surface area contributed by atoms with Gasteiger partial charge in [0.2, 0.25) is 5.78 Å². The van der Waals surface area contributed by atoms with Crippen molar-refractivity contribution in [3.63, 3.8) is 0 Å². The molecule has 3 heterocycles. The van der Waals surface area contributed by atoms with Crippen molar-refractivity contribution < 1.29 is 26.3 Å². The molecular formula is C19H16F6N6O. The molecule has 0 bridgehead atoms. The van der Waals surface area contributed by atoms with Crippen LogP contribution in [0.25, 0.3) is 17.2 Å². The van der Waals surface area contributed by atoms with E-state index < -0.39 is 47.7 Å². The van der Waals surface area contributed by atoms with Crippen LogP contribution < -0.4 is 10.9 Å². The number of fused-ring (bicyclic) bond motifs is 1. The third-order valence-corrected chi connectivity index (χ3v) is 4.37. The lowest BCUT2D eigenvalue weighted by Crippen LogP contribution is -2.27. The number of hydrogen-bond donors (Lipinski definition) is 2. The summed E-state index contributed by atoms with van der Waals surface area (Å²) in [5.41, 5.74) is -3.85. The zero-order valence-electron chi connectivity index (χ0n) is 16.4. The van der Waals surface area contributed by atoms with Crippen molar-refractivity contribution in [1.82, 2.24) is 24.3 Å². The van der Waals surface area contributed by atoms with Crippen LogP contribution in [0.2, 0.25) is 0 Å². The van der Waals surface area contributed by atoms with Gasteiger partial charge in [0, 0.05) is 42.6 Å². The summed E-state index contributed by atoms with van der Waals surface area (Å²) in [5.74, 6) is -0.117. The van der Waals surface area contributed by atoms with Crippen LogP contribution in [0.3, 0.4) is 0 Å². The number of rotatable bonds is 6. The second kappa shape index (κ2) is 8.48. The van der Waals surface area contributed by atoms with Gasteiger partial charge < -0.3 is 10.7 Å². The standard InChI is InChI=1S/C19H16F6N6O/c1-11-10-30-16(32)14(12(8-26)9-27-7-5-18(20,21)22)15(19(23,24)25)29-17(30)31(11)13-4-2-3-6-28-13/h2-4,6,8-10,26-27H,5,7H2,1H3/b12-9+,26-8?. The van der Waals surface area contributed by atoms with Crippen molar-refractivity contribution in [3.8, 4) is 5.82 Å².